The van der Waals surface area contributed by atoms with Crippen LogP contribution in [0, 0.1) is 0 Å². The summed E-state index contributed by atoms with van der Waals surface area (Å²) in [5, 5.41) is 8.76. The van der Waals surface area contributed by atoms with E-state index >= 15 is 0 Å². The molecule has 0 aromatic carbocycles. The van der Waals surface area contributed by atoms with Gasteiger partial charge in [0.25, 0.3) is 5.56 Å². The largest absolute Gasteiger partial charge is 0.374 e. The fraction of sp³-hybridized carbons (Fsp3) is 0.444. The second kappa shape index (κ2) is 5.64. The zero-order chi connectivity index (χ0) is 12.1. The molecule has 16 heavy (non-hydrogen) atoms. The van der Waals surface area contributed by atoms with Gasteiger partial charge < -0.3 is 10.2 Å². The average Bonchev–Trinajstić information content (AvgIpc) is 2.29. The lowest BCUT2D eigenvalue weighted by Gasteiger charge is -2.15. The van der Waals surface area contributed by atoms with Crippen LogP contribution in [-0.2, 0) is 4.79 Å². The van der Waals surface area contributed by atoms with E-state index in [1.807, 2.05) is 6.92 Å². The number of carbonyl (C=O) groups excluding carboxylic acids is 1. The van der Waals surface area contributed by atoms with Crippen LogP contribution < -0.4 is 10.9 Å². The molecule has 0 aliphatic carbocycles. The van der Waals surface area contributed by atoms with Crippen molar-refractivity contribution in [3.05, 3.63) is 21.0 Å². The minimum absolute atomic E-state index is 0.0466. The number of likely N-dealkylation sites (N-methyl/N-ethyl adjacent to an activating group) is 1. The number of nitrogens with one attached hydrogen (secondary N) is 2. The Morgan fingerprint density at radius 3 is 3.00 bits per heavy atom. The van der Waals surface area contributed by atoms with E-state index in [9.17, 15) is 9.59 Å². The number of nitrogens with zero attached hydrogens (tertiary/aromatic N) is 2. The number of rotatable bonds is 4. The van der Waals surface area contributed by atoms with Crippen molar-refractivity contribution in [1.29, 1.82) is 0 Å². The molecular formula is C9H13BrN4O2. The van der Waals surface area contributed by atoms with Crippen LogP contribution in [0.4, 0.5) is 5.69 Å². The molecule has 0 bridgehead atoms. The first-order chi connectivity index (χ1) is 7.56. The lowest BCUT2D eigenvalue weighted by Crippen LogP contribution is -2.32. The number of aromatic amines is 1. The second-order valence-corrected chi connectivity index (χ2v) is 3.98. The van der Waals surface area contributed by atoms with Crippen molar-refractivity contribution >= 4 is 27.5 Å². The molecule has 0 aliphatic heterocycles. The van der Waals surface area contributed by atoms with Gasteiger partial charge in [-0.05, 0) is 22.9 Å². The van der Waals surface area contributed by atoms with Crippen molar-refractivity contribution in [1.82, 2.24) is 15.1 Å². The molecule has 0 spiro atoms. The molecule has 0 unspecified atom stereocenters. The normalized spacial score (nSPS) is 9.94. The first-order valence-electron chi connectivity index (χ1n) is 4.77. The molecule has 1 rings (SSSR count). The summed E-state index contributed by atoms with van der Waals surface area (Å²) >= 11 is 3.11. The Hall–Kier alpha value is -1.37. The molecule has 2 N–H and O–H groups in total. The van der Waals surface area contributed by atoms with E-state index in [4.69, 9.17) is 0 Å². The molecule has 0 fully saturated rings. The smallest absolute Gasteiger partial charge is 0.280 e. The average molecular weight is 289 g/mol. The van der Waals surface area contributed by atoms with Crippen LogP contribution in [0.25, 0.3) is 0 Å². The Kier molecular flexibility index (Phi) is 4.48. The minimum Gasteiger partial charge on any atom is -0.374 e. The fourth-order valence-corrected chi connectivity index (χ4v) is 1.32. The van der Waals surface area contributed by atoms with Crippen molar-refractivity contribution in [3.63, 3.8) is 0 Å². The third-order valence-corrected chi connectivity index (χ3v) is 2.91. The maximum Gasteiger partial charge on any atom is 0.280 e. The Morgan fingerprint density at radius 2 is 2.38 bits per heavy atom. The lowest BCUT2D eigenvalue weighted by molar-refractivity contribution is -0.127. The summed E-state index contributed by atoms with van der Waals surface area (Å²) in [4.78, 5) is 24.2. The molecule has 0 saturated carbocycles. The van der Waals surface area contributed by atoms with Gasteiger partial charge in [0.1, 0.15) is 4.47 Å². The van der Waals surface area contributed by atoms with Gasteiger partial charge in [0, 0.05) is 13.6 Å². The molecule has 0 aliphatic rings. The number of H-pyrrole nitrogens is 1. The van der Waals surface area contributed by atoms with Crippen LogP contribution in [0.3, 0.4) is 0 Å². The molecular weight excluding hydrogens is 276 g/mol. The number of hydrogen-bond acceptors (Lipinski definition) is 4. The van der Waals surface area contributed by atoms with Crippen LogP contribution in [0.15, 0.2) is 15.5 Å². The number of carbonyl (C=O) groups is 1. The van der Waals surface area contributed by atoms with Crippen molar-refractivity contribution in [2.24, 2.45) is 0 Å². The third kappa shape index (κ3) is 3.06. The molecule has 1 aromatic heterocycles. The molecule has 6 nitrogen and oxygen atoms in total. The summed E-state index contributed by atoms with van der Waals surface area (Å²) in [6.45, 7) is 2.67. The van der Waals surface area contributed by atoms with Crippen molar-refractivity contribution in [2.45, 2.75) is 6.92 Å². The lowest BCUT2D eigenvalue weighted by atomic mass is 10.4. The zero-order valence-corrected chi connectivity index (χ0v) is 10.7. The highest BCUT2D eigenvalue weighted by Crippen LogP contribution is 2.14. The summed E-state index contributed by atoms with van der Waals surface area (Å²) in [6.07, 6.45) is 1.45. The third-order valence-electron chi connectivity index (χ3n) is 2.13. The van der Waals surface area contributed by atoms with Crippen LogP contribution in [0.5, 0.6) is 0 Å². The number of halogens is 1. The highest BCUT2D eigenvalue weighted by molar-refractivity contribution is 9.10. The molecule has 1 aromatic rings. The van der Waals surface area contributed by atoms with Gasteiger partial charge in [-0.2, -0.15) is 5.10 Å². The van der Waals surface area contributed by atoms with Crippen LogP contribution in [-0.4, -0.2) is 41.1 Å². The predicted molar refractivity (Wildman–Crippen MR) is 64.4 cm³/mol. The maximum absolute atomic E-state index is 11.5. The van der Waals surface area contributed by atoms with Gasteiger partial charge in [0.15, 0.2) is 0 Å². The van der Waals surface area contributed by atoms with Crippen LogP contribution in [0.2, 0.25) is 0 Å². The van der Waals surface area contributed by atoms with Gasteiger partial charge in [-0.3, -0.25) is 9.59 Å². The number of hydrogen-bond donors (Lipinski definition) is 2. The molecule has 0 atom stereocenters. The molecule has 0 saturated heterocycles. The molecule has 7 heteroatoms. The molecule has 88 valence electrons. The van der Waals surface area contributed by atoms with Gasteiger partial charge in [-0.25, -0.2) is 5.10 Å². The van der Waals surface area contributed by atoms with E-state index in [2.05, 4.69) is 31.4 Å². The van der Waals surface area contributed by atoms with Crippen molar-refractivity contribution in [2.75, 3.05) is 25.5 Å². The van der Waals surface area contributed by atoms with E-state index in [0.29, 0.717) is 16.7 Å². The summed E-state index contributed by atoms with van der Waals surface area (Å²) in [6, 6.07) is 0. The highest BCUT2D eigenvalue weighted by Gasteiger charge is 2.08. The van der Waals surface area contributed by atoms with E-state index < -0.39 is 0 Å². The Balaban J connectivity index is 2.65. The van der Waals surface area contributed by atoms with E-state index in [-0.39, 0.29) is 18.0 Å². The van der Waals surface area contributed by atoms with Gasteiger partial charge in [0.05, 0.1) is 18.4 Å². The quantitative estimate of drug-likeness (QED) is 0.842. The van der Waals surface area contributed by atoms with E-state index in [1.54, 1.807) is 11.9 Å². The van der Waals surface area contributed by atoms with Crippen molar-refractivity contribution in [3.8, 4) is 0 Å². The predicted octanol–water partition coefficient (Wildman–Crippen LogP) is 0.423. The monoisotopic (exact) mass is 288 g/mol. The van der Waals surface area contributed by atoms with Gasteiger partial charge in [-0.1, -0.05) is 0 Å². The SMILES string of the molecule is CCN(C)C(=O)CNc1cn[nH]c(=O)c1Br. The summed E-state index contributed by atoms with van der Waals surface area (Å²) < 4.78 is 0.342. The fourth-order valence-electron chi connectivity index (χ4n) is 0.989. The topological polar surface area (TPSA) is 78.1 Å². The standard InChI is InChI=1S/C9H13BrN4O2/c1-3-14(2)7(15)5-11-6-4-12-13-9(16)8(6)10/h4H,3,5H2,1-2H3,(H2,11,13,16). The Labute approximate surface area is 101 Å². The van der Waals surface area contributed by atoms with Gasteiger partial charge >= 0.3 is 0 Å². The Bertz CT molecular complexity index is 432. The molecule has 1 amide bonds. The number of anilines is 1. The van der Waals surface area contributed by atoms with Crippen LogP contribution >= 0.6 is 15.9 Å². The van der Waals surface area contributed by atoms with E-state index in [0.717, 1.165) is 0 Å². The first-order valence-corrected chi connectivity index (χ1v) is 5.56. The number of amides is 1. The Morgan fingerprint density at radius 1 is 1.69 bits per heavy atom. The summed E-state index contributed by atoms with van der Waals surface area (Å²) in [7, 11) is 1.72. The van der Waals surface area contributed by atoms with Gasteiger partial charge in [0.2, 0.25) is 5.91 Å². The van der Waals surface area contributed by atoms with E-state index in [1.165, 1.54) is 6.20 Å². The van der Waals surface area contributed by atoms with Crippen LogP contribution in [0.1, 0.15) is 6.92 Å². The van der Waals surface area contributed by atoms with Crippen molar-refractivity contribution < 1.29 is 4.79 Å². The maximum atomic E-state index is 11.5. The molecule has 0 radical (unpaired) electrons. The van der Waals surface area contributed by atoms with Gasteiger partial charge in [-0.15, -0.1) is 0 Å². The first kappa shape index (κ1) is 12.7. The number of aromatic nitrogens is 2. The summed E-state index contributed by atoms with van der Waals surface area (Å²) in [5.74, 6) is -0.0466. The molecule has 1 heterocycles. The second-order valence-electron chi connectivity index (χ2n) is 3.19. The zero-order valence-electron chi connectivity index (χ0n) is 9.08. The minimum atomic E-state index is -0.332. The summed E-state index contributed by atoms with van der Waals surface area (Å²) in [5.41, 5.74) is 0.169. The highest BCUT2D eigenvalue weighted by atomic mass is 79.9.